The Kier molecular flexibility index (Phi) is 36.1. The highest BCUT2D eigenvalue weighted by atomic mass is 16.5. The predicted octanol–water partition coefficient (Wildman–Crippen LogP) is 16.2. The number of ether oxygens (including phenoxy) is 2. The zero-order valence-corrected chi connectivity index (χ0v) is 36.5. The first-order valence-electron chi connectivity index (χ1n) is 23.8. The van der Waals surface area contributed by atoms with Crippen LogP contribution in [0.4, 0.5) is 0 Å². The van der Waals surface area contributed by atoms with E-state index in [2.05, 4.69) is 27.7 Å². The van der Waals surface area contributed by atoms with Gasteiger partial charge in [0.05, 0.1) is 24.0 Å². The number of esters is 2. The molecule has 52 heavy (non-hydrogen) atoms. The number of hydrogen-bond donors (Lipinski definition) is 0. The Hall–Kier alpha value is -1.06. The van der Waals surface area contributed by atoms with Gasteiger partial charge in [-0.3, -0.25) is 9.59 Å². The molecule has 0 atom stereocenters. The molecule has 0 aliphatic heterocycles. The van der Waals surface area contributed by atoms with Crippen molar-refractivity contribution in [2.24, 2.45) is 10.8 Å². The van der Waals surface area contributed by atoms with Crippen LogP contribution in [0.2, 0.25) is 0 Å². The van der Waals surface area contributed by atoms with E-state index >= 15 is 0 Å². The molecule has 4 heteroatoms. The quantitative estimate of drug-likeness (QED) is 0.0463. The van der Waals surface area contributed by atoms with Crippen molar-refractivity contribution in [2.75, 3.05) is 13.2 Å². The molecule has 310 valence electrons. The molecular formula is C48H94O4. The molecular weight excluding hydrogens is 641 g/mol. The topological polar surface area (TPSA) is 52.6 Å². The molecule has 0 aromatic heterocycles. The Labute approximate surface area is 326 Å². The van der Waals surface area contributed by atoms with Crippen LogP contribution >= 0.6 is 0 Å². The largest absolute Gasteiger partial charge is 0.466 e. The smallest absolute Gasteiger partial charge is 0.313 e. The van der Waals surface area contributed by atoms with Crippen molar-refractivity contribution in [2.45, 2.75) is 273 Å². The molecule has 0 aromatic rings. The SMILES string of the molecule is CCCCCCCCCCC(CCCCCCCCCC)(C(=O)OCC)C(CCCCCCCCCC)(CCCCCCCCCC)C(=O)OCC. The lowest BCUT2D eigenvalue weighted by molar-refractivity contribution is -0.186. The van der Waals surface area contributed by atoms with E-state index in [4.69, 9.17) is 9.47 Å². The molecule has 0 N–H and O–H groups in total. The van der Waals surface area contributed by atoms with E-state index in [9.17, 15) is 9.59 Å². The number of unbranched alkanes of at least 4 members (excludes halogenated alkanes) is 28. The molecule has 0 aliphatic carbocycles. The second-order valence-electron chi connectivity index (χ2n) is 16.5. The Morgan fingerprint density at radius 1 is 0.288 bits per heavy atom. The maximum absolute atomic E-state index is 14.7. The van der Waals surface area contributed by atoms with Crippen LogP contribution in [-0.2, 0) is 19.1 Å². The third-order valence-corrected chi connectivity index (χ3v) is 12.1. The lowest BCUT2D eigenvalue weighted by Crippen LogP contribution is -2.54. The van der Waals surface area contributed by atoms with Gasteiger partial charge in [-0.1, -0.05) is 233 Å². The molecule has 0 rings (SSSR count). The zero-order valence-electron chi connectivity index (χ0n) is 36.5. The summed E-state index contributed by atoms with van der Waals surface area (Å²) in [7, 11) is 0. The highest BCUT2D eigenvalue weighted by molar-refractivity contribution is 5.88. The van der Waals surface area contributed by atoms with Crippen molar-refractivity contribution in [3.05, 3.63) is 0 Å². The van der Waals surface area contributed by atoms with E-state index < -0.39 is 10.8 Å². The lowest BCUT2D eigenvalue weighted by Gasteiger charge is -2.48. The van der Waals surface area contributed by atoms with E-state index in [-0.39, 0.29) is 11.9 Å². The van der Waals surface area contributed by atoms with Gasteiger partial charge in [0, 0.05) is 0 Å². The van der Waals surface area contributed by atoms with Crippen LogP contribution in [0.1, 0.15) is 273 Å². The van der Waals surface area contributed by atoms with Gasteiger partial charge in [0.1, 0.15) is 0 Å². The summed E-state index contributed by atoms with van der Waals surface area (Å²) < 4.78 is 12.2. The summed E-state index contributed by atoms with van der Waals surface area (Å²) in [5, 5.41) is 0. The monoisotopic (exact) mass is 735 g/mol. The van der Waals surface area contributed by atoms with Crippen molar-refractivity contribution in [1.82, 2.24) is 0 Å². The number of carbonyl (C=O) groups excluding carboxylic acids is 2. The maximum atomic E-state index is 14.7. The predicted molar refractivity (Wildman–Crippen MR) is 227 cm³/mol. The van der Waals surface area contributed by atoms with Crippen molar-refractivity contribution < 1.29 is 19.1 Å². The minimum absolute atomic E-state index is 0.104. The van der Waals surface area contributed by atoms with E-state index in [1.807, 2.05) is 13.8 Å². The van der Waals surface area contributed by atoms with Crippen molar-refractivity contribution >= 4 is 11.9 Å². The van der Waals surface area contributed by atoms with Crippen molar-refractivity contribution in [3.8, 4) is 0 Å². The molecule has 0 bridgehead atoms. The molecule has 0 aliphatic rings. The van der Waals surface area contributed by atoms with Crippen LogP contribution in [-0.4, -0.2) is 25.2 Å². The number of carbonyl (C=O) groups is 2. The van der Waals surface area contributed by atoms with Crippen LogP contribution in [0, 0.1) is 10.8 Å². The zero-order chi connectivity index (χ0) is 38.4. The summed E-state index contributed by atoms with van der Waals surface area (Å²) in [6.45, 7) is 13.7. The van der Waals surface area contributed by atoms with Crippen LogP contribution in [0.3, 0.4) is 0 Å². The van der Waals surface area contributed by atoms with E-state index in [1.54, 1.807) is 0 Å². The minimum Gasteiger partial charge on any atom is -0.466 e. The molecule has 0 unspecified atom stereocenters. The van der Waals surface area contributed by atoms with Gasteiger partial charge in [0.2, 0.25) is 0 Å². The van der Waals surface area contributed by atoms with Gasteiger partial charge in [0.15, 0.2) is 0 Å². The van der Waals surface area contributed by atoms with Crippen LogP contribution in [0.15, 0.2) is 0 Å². The summed E-state index contributed by atoms with van der Waals surface area (Å²) >= 11 is 0. The molecule has 0 saturated heterocycles. The first-order chi connectivity index (χ1) is 25.5. The highest BCUT2D eigenvalue weighted by Gasteiger charge is 2.60. The summed E-state index contributed by atoms with van der Waals surface area (Å²) in [4.78, 5) is 29.5. The van der Waals surface area contributed by atoms with Crippen molar-refractivity contribution in [1.29, 1.82) is 0 Å². The summed E-state index contributed by atoms with van der Waals surface area (Å²) in [6.07, 6.45) is 42.3. The highest BCUT2D eigenvalue weighted by Crippen LogP contribution is 2.55. The normalized spacial score (nSPS) is 12.0. The van der Waals surface area contributed by atoms with Crippen LogP contribution in [0.5, 0.6) is 0 Å². The molecule has 0 radical (unpaired) electrons. The third kappa shape index (κ3) is 23.0. The van der Waals surface area contributed by atoms with Gasteiger partial charge in [-0.2, -0.15) is 0 Å². The fourth-order valence-electron chi connectivity index (χ4n) is 8.79. The molecule has 0 heterocycles. The van der Waals surface area contributed by atoms with E-state index in [0.29, 0.717) is 13.2 Å². The summed E-state index contributed by atoms with van der Waals surface area (Å²) in [5.74, 6) is -0.207. The van der Waals surface area contributed by atoms with E-state index in [0.717, 1.165) is 77.0 Å². The maximum Gasteiger partial charge on any atom is 0.313 e. The Morgan fingerprint density at radius 3 is 0.635 bits per heavy atom. The first-order valence-corrected chi connectivity index (χ1v) is 23.8. The Balaban J connectivity index is 6.46. The second kappa shape index (κ2) is 36.9. The third-order valence-electron chi connectivity index (χ3n) is 12.1. The van der Waals surface area contributed by atoms with Crippen molar-refractivity contribution in [3.63, 3.8) is 0 Å². The molecule has 0 amide bonds. The fourth-order valence-corrected chi connectivity index (χ4v) is 8.79. The van der Waals surface area contributed by atoms with Gasteiger partial charge in [-0.05, 0) is 39.5 Å². The Morgan fingerprint density at radius 2 is 0.462 bits per heavy atom. The molecule has 0 fully saturated rings. The summed E-state index contributed by atoms with van der Waals surface area (Å²) in [6, 6.07) is 0. The molecule has 4 nitrogen and oxygen atoms in total. The van der Waals surface area contributed by atoms with Gasteiger partial charge in [0.25, 0.3) is 0 Å². The Bertz CT molecular complexity index is 672. The summed E-state index contributed by atoms with van der Waals surface area (Å²) in [5.41, 5.74) is -1.64. The van der Waals surface area contributed by atoms with Gasteiger partial charge in [-0.15, -0.1) is 0 Å². The molecule has 0 spiro atoms. The average molecular weight is 735 g/mol. The van der Waals surface area contributed by atoms with Gasteiger partial charge in [-0.25, -0.2) is 0 Å². The van der Waals surface area contributed by atoms with Crippen LogP contribution in [0.25, 0.3) is 0 Å². The standard InChI is InChI=1S/C48H94O4/c1-7-13-17-21-25-29-33-37-41-47(45(49)51-11-5,42-38-34-30-26-22-18-14-8-2)48(46(50)52-12-6,43-39-35-31-27-23-19-15-9-3)44-40-36-32-28-24-20-16-10-4/h7-44H2,1-6H3. The van der Waals surface area contributed by atoms with Gasteiger partial charge >= 0.3 is 11.9 Å². The van der Waals surface area contributed by atoms with Gasteiger partial charge < -0.3 is 9.47 Å². The number of rotatable bonds is 41. The molecule has 0 saturated carbocycles. The van der Waals surface area contributed by atoms with Crippen LogP contribution < -0.4 is 0 Å². The fraction of sp³-hybridized carbons (Fsp3) is 0.958. The second-order valence-corrected chi connectivity index (χ2v) is 16.5. The molecule has 0 aromatic carbocycles. The average Bonchev–Trinajstić information content (AvgIpc) is 3.14. The minimum atomic E-state index is -0.818. The van der Waals surface area contributed by atoms with E-state index in [1.165, 1.54) is 154 Å². The first kappa shape index (κ1) is 50.9. The number of hydrogen-bond acceptors (Lipinski definition) is 4. The lowest BCUT2D eigenvalue weighted by atomic mass is 9.54.